The highest BCUT2D eigenvalue weighted by Gasteiger charge is 2.21. The molecule has 1 aromatic carbocycles. The molecule has 2 aromatic rings. The van der Waals surface area contributed by atoms with Crippen LogP contribution in [0.3, 0.4) is 0 Å². The molecule has 0 spiro atoms. The van der Waals surface area contributed by atoms with Gasteiger partial charge in [0.15, 0.2) is 0 Å². The minimum absolute atomic E-state index is 0.0263. The first-order chi connectivity index (χ1) is 9.66. The van der Waals surface area contributed by atoms with Crippen molar-refractivity contribution in [3.8, 4) is 11.8 Å². The number of benzene rings is 1. The lowest BCUT2D eigenvalue weighted by Gasteiger charge is -2.10. The molecular formula is C11H8Cl2N4O3S. The van der Waals surface area contributed by atoms with Gasteiger partial charge in [-0.25, -0.2) is 4.68 Å². The van der Waals surface area contributed by atoms with Crippen LogP contribution in [0.5, 0.6) is 0 Å². The van der Waals surface area contributed by atoms with Gasteiger partial charge in [-0.15, -0.1) is 0 Å². The molecule has 0 saturated heterocycles. The van der Waals surface area contributed by atoms with Crippen LogP contribution in [0, 0.1) is 18.3 Å². The van der Waals surface area contributed by atoms with E-state index in [0.29, 0.717) is 5.69 Å². The number of rotatable bonds is 2. The van der Waals surface area contributed by atoms with Crippen LogP contribution in [-0.2, 0) is 10.1 Å². The summed E-state index contributed by atoms with van der Waals surface area (Å²) in [6, 6.07) is 3.93. The summed E-state index contributed by atoms with van der Waals surface area (Å²) in [4.78, 5) is -0.454. The van der Waals surface area contributed by atoms with Crippen molar-refractivity contribution >= 4 is 39.1 Å². The molecule has 0 radical (unpaired) electrons. The molecule has 1 heterocycles. The molecule has 7 nitrogen and oxygen atoms in total. The van der Waals surface area contributed by atoms with E-state index in [0.717, 1.165) is 16.8 Å². The van der Waals surface area contributed by atoms with Crippen LogP contribution in [0.25, 0.3) is 5.69 Å². The second-order valence-corrected chi connectivity index (χ2v) is 6.32. The molecule has 0 bridgehead atoms. The first-order valence-corrected chi connectivity index (χ1v) is 7.58. The quantitative estimate of drug-likeness (QED) is 0.803. The van der Waals surface area contributed by atoms with E-state index in [1.165, 1.54) is 0 Å². The normalized spacial score (nSPS) is 11.4. The van der Waals surface area contributed by atoms with Gasteiger partial charge in [0.25, 0.3) is 10.1 Å². The van der Waals surface area contributed by atoms with Gasteiger partial charge >= 0.3 is 0 Å². The van der Waals surface area contributed by atoms with Gasteiger partial charge in [-0.3, -0.25) is 4.55 Å². The fraction of sp³-hybridized carbons (Fsp3) is 0.0909. The predicted octanol–water partition coefficient (Wildman–Crippen LogP) is 2.19. The average molecular weight is 347 g/mol. The lowest BCUT2D eigenvalue weighted by atomic mass is 10.2. The van der Waals surface area contributed by atoms with Gasteiger partial charge < -0.3 is 5.73 Å². The van der Waals surface area contributed by atoms with Crippen molar-refractivity contribution in [1.29, 1.82) is 5.26 Å². The van der Waals surface area contributed by atoms with E-state index in [2.05, 4.69) is 5.10 Å². The topological polar surface area (TPSA) is 122 Å². The first kappa shape index (κ1) is 15.6. The van der Waals surface area contributed by atoms with Crippen molar-refractivity contribution in [3.63, 3.8) is 0 Å². The minimum Gasteiger partial charge on any atom is -0.382 e. The second kappa shape index (κ2) is 5.20. The lowest BCUT2D eigenvalue weighted by Crippen LogP contribution is -2.06. The standard InChI is InChI=1S/C11H8Cl2N4O3S/c1-5-7(4-14)11(15)17(16-5)10-8(12)2-6(3-9(10)13)21(18,19)20/h2-3H,15H2,1H3,(H,18,19,20). The molecule has 2 rings (SSSR count). The Bertz CT molecular complexity index is 861. The summed E-state index contributed by atoms with van der Waals surface area (Å²) >= 11 is 12.0. The molecule has 0 saturated carbocycles. The van der Waals surface area contributed by atoms with E-state index >= 15 is 0 Å². The van der Waals surface area contributed by atoms with Crippen molar-refractivity contribution in [2.24, 2.45) is 0 Å². The molecule has 0 fully saturated rings. The van der Waals surface area contributed by atoms with Gasteiger partial charge in [0, 0.05) is 0 Å². The second-order valence-electron chi connectivity index (χ2n) is 4.08. The van der Waals surface area contributed by atoms with Crippen LogP contribution in [0.2, 0.25) is 10.0 Å². The van der Waals surface area contributed by atoms with Crippen LogP contribution >= 0.6 is 23.2 Å². The fourth-order valence-electron chi connectivity index (χ4n) is 1.75. The third-order valence-corrected chi connectivity index (χ3v) is 4.12. The number of aromatic nitrogens is 2. The third-order valence-electron chi connectivity index (χ3n) is 2.71. The van der Waals surface area contributed by atoms with Gasteiger partial charge in [-0.1, -0.05) is 23.2 Å². The van der Waals surface area contributed by atoms with E-state index in [4.69, 9.17) is 38.8 Å². The Labute approximate surface area is 130 Å². The van der Waals surface area contributed by atoms with Crippen molar-refractivity contribution in [2.75, 3.05) is 5.73 Å². The van der Waals surface area contributed by atoms with Gasteiger partial charge in [-0.2, -0.15) is 18.8 Å². The Kier molecular flexibility index (Phi) is 3.86. The van der Waals surface area contributed by atoms with Crippen LogP contribution < -0.4 is 5.73 Å². The minimum atomic E-state index is -4.45. The molecule has 0 unspecified atom stereocenters. The molecule has 0 aliphatic heterocycles. The number of halogens is 2. The maximum absolute atomic E-state index is 11.1. The van der Waals surface area contributed by atoms with Crippen LogP contribution in [0.4, 0.5) is 5.82 Å². The Balaban J connectivity index is 2.76. The summed E-state index contributed by atoms with van der Waals surface area (Å²) < 4.78 is 32.4. The van der Waals surface area contributed by atoms with E-state index in [-0.39, 0.29) is 27.1 Å². The summed E-state index contributed by atoms with van der Waals surface area (Å²) in [6.07, 6.45) is 0. The third kappa shape index (κ3) is 2.69. The van der Waals surface area contributed by atoms with Crippen molar-refractivity contribution < 1.29 is 13.0 Å². The van der Waals surface area contributed by atoms with Gasteiger partial charge in [0.2, 0.25) is 0 Å². The Morgan fingerprint density at radius 3 is 2.29 bits per heavy atom. The summed E-state index contributed by atoms with van der Waals surface area (Å²) in [7, 11) is -4.45. The summed E-state index contributed by atoms with van der Waals surface area (Å²) in [5.41, 5.74) is 6.46. The molecule has 0 aliphatic rings. The molecule has 10 heteroatoms. The molecule has 0 amide bonds. The number of hydrogen-bond acceptors (Lipinski definition) is 5. The molecule has 1 aromatic heterocycles. The molecule has 3 N–H and O–H groups in total. The Morgan fingerprint density at radius 2 is 1.90 bits per heavy atom. The summed E-state index contributed by atoms with van der Waals surface area (Å²) in [6.45, 7) is 1.58. The monoisotopic (exact) mass is 346 g/mol. The summed E-state index contributed by atoms with van der Waals surface area (Å²) in [5.74, 6) is 0.0263. The van der Waals surface area contributed by atoms with E-state index in [1.54, 1.807) is 6.92 Å². The number of anilines is 1. The highest BCUT2D eigenvalue weighted by Crippen LogP contribution is 2.34. The Morgan fingerprint density at radius 1 is 1.38 bits per heavy atom. The van der Waals surface area contributed by atoms with Crippen LogP contribution in [0.1, 0.15) is 11.3 Å². The predicted molar refractivity (Wildman–Crippen MR) is 77.3 cm³/mol. The number of nitrogen functional groups attached to an aromatic ring is 1. The van der Waals surface area contributed by atoms with Gasteiger partial charge in [0.1, 0.15) is 23.1 Å². The molecule has 21 heavy (non-hydrogen) atoms. The number of nitrogens with two attached hydrogens (primary N) is 1. The van der Waals surface area contributed by atoms with E-state index < -0.39 is 15.0 Å². The maximum Gasteiger partial charge on any atom is 0.294 e. The summed E-state index contributed by atoms with van der Waals surface area (Å²) in [5, 5.41) is 12.9. The largest absolute Gasteiger partial charge is 0.382 e. The zero-order valence-electron chi connectivity index (χ0n) is 10.5. The SMILES string of the molecule is Cc1nn(-c2c(Cl)cc(S(=O)(=O)O)cc2Cl)c(N)c1C#N. The molecule has 0 aliphatic carbocycles. The van der Waals surface area contributed by atoms with Crippen molar-refractivity contribution in [1.82, 2.24) is 9.78 Å². The molecular weight excluding hydrogens is 339 g/mol. The highest BCUT2D eigenvalue weighted by molar-refractivity contribution is 7.85. The molecule has 0 atom stereocenters. The smallest absolute Gasteiger partial charge is 0.294 e. The number of aryl methyl sites for hydroxylation is 1. The van der Waals surface area contributed by atoms with Gasteiger partial charge in [-0.05, 0) is 19.1 Å². The molecule has 110 valence electrons. The highest BCUT2D eigenvalue weighted by atomic mass is 35.5. The maximum atomic E-state index is 11.1. The number of nitriles is 1. The lowest BCUT2D eigenvalue weighted by molar-refractivity contribution is 0.483. The van der Waals surface area contributed by atoms with E-state index in [1.807, 2.05) is 6.07 Å². The van der Waals surface area contributed by atoms with Crippen LogP contribution in [-0.4, -0.2) is 22.8 Å². The zero-order chi connectivity index (χ0) is 15.9. The van der Waals surface area contributed by atoms with Crippen LogP contribution in [0.15, 0.2) is 17.0 Å². The van der Waals surface area contributed by atoms with Crippen molar-refractivity contribution in [2.45, 2.75) is 11.8 Å². The Hall–Kier alpha value is -1.79. The number of hydrogen-bond donors (Lipinski definition) is 2. The average Bonchev–Trinajstić information content (AvgIpc) is 2.62. The number of nitrogens with zero attached hydrogens (tertiary/aromatic N) is 3. The first-order valence-electron chi connectivity index (χ1n) is 5.39. The van der Waals surface area contributed by atoms with Crippen molar-refractivity contribution in [3.05, 3.63) is 33.4 Å². The fourth-order valence-corrected chi connectivity index (χ4v) is 3.06. The zero-order valence-corrected chi connectivity index (χ0v) is 12.8. The van der Waals surface area contributed by atoms with Gasteiger partial charge in [0.05, 0.1) is 20.6 Å². The van der Waals surface area contributed by atoms with E-state index in [9.17, 15) is 8.42 Å².